The molecule has 30 heavy (non-hydrogen) atoms. The molecule has 2 aromatic carbocycles. The van der Waals surface area contributed by atoms with Gasteiger partial charge in [0.2, 0.25) is 5.91 Å². The summed E-state index contributed by atoms with van der Waals surface area (Å²) in [5.74, 6) is 2.59. The number of nitrogens with zero attached hydrogens (tertiary/aromatic N) is 1. The van der Waals surface area contributed by atoms with Crippen LogP contribution in [0.5, 0.6) is 5.75 Å². The number of ether oxygens (including phenoxy) is 1. The number of benzene rings is 2. The lowest BCUT2D eigenvalue weighted by molar-refractivity contribution is -0.135. The average molecular weight is 445 g/mol. The first-order valence-corrected chi connectivity index (χ1v) is 12.1. The first-order valence-electron chi connectivity index (χ1n) is 10.00. The molecule has 0 radical (unpaired) electrons. The van der Waals surface area contributed by atoms with Crippen molar-refractivity contribution in [2.75, 3.05) is 37.0 Å². The number of rotatable bonds is 7. The van der Waals surface area contributed by atoms with Crippen LogP contribution in [0.25, 0.3) is 0 Å². The van der Waals surface area contributed by atoms with Gasteiger partial charge in [-0.05, 0) is 66.7 Å². The van der Waals surface area contributed by atoms with E-state index in [2.05, 4.69) is 17.4 Å². The molecule has 0 aromatic heterocycles. The minimum absolute atomic E-state index is 0.0232. The predicted molar refractivity (Wildman–Crippen MR) is 126 cm³/mol. The lowest BCUT2D eigenvalue weighted by atomic mass is 10.1. The largest absolute Gasteiger partial charge is 0.484 e. The minimum atomic E-state index is -0.242. The molecule has 2 aromatic rings. The van der Waals surface area contributed by atoms with Crippen LogP contribution in [0, 0.1) is 13.8 Å². The highest BCUT2D eigenvalue weighted by atomic mass is 32.2. The lowest BCUT2D eigenvalue weighted by Crippen LogP contribution is -2.37. The van der Waals surface area contributed by atoms with E-state index in [1.807, 2.05) is 67.7 Å². The molecule has 1 N–H and O–H groups in total. The number of nitrogens with one attached hydrogen (secondary N) is 1. The molecule has 1 fully saturated rings. The van der Waals surface area contributed by atoms with Gasteiger partial charge in [-0.2, -0.15) is 0 Å². The lowest BCUT2D eigenvalue weighted by Gasteiger charge is -2.21. The molecule has 0 saturated carbocycles. The summed E-state index contributed by atoms with van der Waals surface area (Å²) >= 11 is 3.95. The highest BCUT2D eigenvalue weighted by Crippen LogP contribution is 2.43. The summed E-state index contributed by atoms with van der Waals surface area (Å²) < 4.78 is 6.11. The predicted octanol–water partition coefficient (Wildman–Crippen LogP) is 4.65. The third-order valence-electron chi connectivity index (χ3n) is 5.03. The number of amides is 2. The second-order valence-corrected chi connectivity index (χ2v) is 10.1. The van der Waals surface area contributed by atoms with Crippen molar-refractivity contribution in [1.82, 2.24) is 4.90 Å². The molecule has 5 nitrogen and oxygen atoms in total. The van der Waals surface area contributed by atoms with Crippen LogP contribution in [-0.2, 0) is 9.59 Å². The summed E-state index contributed by atoms with van der Waals surface area (Å²) in [5, 5.41) is 2.87. The molecule has 3 rings (SSSR count). The zero-order valence-corrected chi connectivity index (χ0v) is 19.3. The third kappa shape index (κ3) is 6.19. The monoisotopic (exact) mass is 444 g/mol. The van der Waals surface area contributed by atoms with E-state index in [-0.39, 0.29) is 25.0 Å². The fourth-order valence-corrected chi connectivity index (χ4v) is 5.93. The van der Waals surface area contributed by atoms with Crippen LogP contribution in [0.1, 0.15) is 27.7 Å². The first-order chi connectivity index (χ1) is 14.4. The summed E-state index contributed by atoms with van der Waals surface area (Å²) in [4.78, 5) is 26.0. The van der Waals surface area contributed by atoms with Crippen molar-refractivity contribution in [1.29, 1.82) is 0 Å². The summed E-state index contributed by atoms with van der Waals surface area (Å²) in [5.41, 5.74) is 4.18. The van der Waals surface area contributed by atoms with E-state index in [1.54, 1.807) is 7.05 Å². The Morgan fingerprint density at radius 2 is 1.80 bits per heavy atom. The number of thioether (sulfide) groups is 2. The second kappa shape index (κ2) is 10.8. The number of anilines is 1. The maximum absolute atomic E-state index is 12.4. The Morgan fingerprint density at radius 3 is 2.50 bits per heavy atom. The summed E-state index contributed by atoms with van der Waals surface area (Å²) in [6.45, 7) is 3.84. The highest BCUT2D eigenvalue weighted by molar-refractivity contribution is 8.16. The van der Waals surface area contributed by atoms with E-state index in [4.69, 9.17) is 4.74 Å². The Balaban J connectivity index is 1.46. The van der Waals surface area contributed by atoms with Crippen LogP contribution in [0.4, 0.5) is 5.69 Å². The second-order valence-electron chi connectivity index (χ2n) is 7.33. The van der Waals surface area contributed by atoms with E-state index < -0.39 is 0 Å². The summed E-state index contributed by atoms with van der Waals surface area (Å²) in [6, 6.07) is 13.7. The Bertz CT molecular complexity index is 881. The number of hydrogen-bond donors (Lipinski definition) is 1. The molecule has 0 spiro atoms. The van der Waals surface area contributed by atoms with Crippen molar-refractivity contribution in [2.24, 2.45) is 0 Å². The number of likely N-dealkylation sites (N-methyl/N-ethyl adjacent to an activating group) is 1. The van der Waals surface area contributed by atoms with E-state index in [0.29, 0.717) is 10.3 Å². The Morgan fingerprint density at radius 1 is 1.10 bits per heavy atom. The van der Waals surface area contributed by atoms with Crippen molar-refractivity contribution in [3.63, 3.8) is 0 Å². The van der Waals surface area contributed by atoms with Gasteiger partial charge in [-0.25, -0.2) is 0 Å². The van der Waals surface area contributed by atoms with E-state index in [1.165, 1.54) is 28.4 Å². The van der Waals surface area contributed by atoms with Gasteiger partial charge in [0.25, 0.3) is 5.91 Å². The van der Waals surface area contributed by atoms with E-state index in [9.17, 15) is 9.59 Å². The molecule has 1 aliphatic heterocycles. The molecular weight excluding hydrogens is 416 g/mol. The Kier molecular flexibility index (Phi) is 8.10. The van der Waals surface area contributed by atoms with Crippen LogP contribution in [0.15, 0.2) is 42.5 Å². The maximum atomic E-state index is 12.4. The van der Waals surface area contributed by atoms with Gasteiger partial charge in [0.15, 0.2) is 6.61 Å². The molecular formula is C23H28N2O3S2. The third-order valence-corrected chi connectivity index (χ3v) is 8.04. The van der Waals surface area contributed by atoms with Crippen LogP contribution in [0.3, 0.4) is 0 Å². The first kappa shape index (κ1) is 22.6. The van der Waals surface area contributed by atoms with Gasteiger partial charge in [-0.1, -0.05) is 24.3 Å². The number of carbonyl (C=O) groups excluding carboxylic acids is 2. The topological polar surface area (TPSA) is 58.6 Å². The maximum Gasteiger partial charge on any atom is 0.260 e. The molecule has 1 saturated heterocycles. The normalized spacial score (nSPS) is 14.2. The van der Waals surface area contributed by atoms with E-state index in [0.717, 1.165) is 16.8 Å². The van der Waals surface area contributed by atoms with Crippen molar-refractivity contribution >= 4 is 41.0 Å². The Labute approximate surface area is 186 Å². The SMILES string of the molecule is Cc1cccc(NC(=O)CN(C)C(=O)COc2ccc(C3SCCCS3)cc2)c1C. The van der Waals surface area contributed by atoms with E-state index >= 15 is 0 Å². The van der Waals surface area contributed by atoms with Crippen LogP contribution >= 0.6 is 23.5 Å². The molecule has 1 aliphatic rings. The van der Waals surface area contributed by atoms with Gasteiger partial charge in [0.1, 0.15) is 5.75 Å². The quantitative estimate of drug-likeness (QED) is 0.674. The number of hydrogen-bond acceptors (Lipinski definition) is 5. The minimum Gasteiger partial charge on any atom is -0.484 e. The van der Waals surface area contributed by atoms with Gasteiger partial charge in [-0.3, -0.25) is 9.59 Å². The number of aryl methyl sites for hydroxylation is 1. The molecule has 0 unspecified atom stereocenters. The average Bonchev–Trinajstić information content (AvgIpc) is 2.76. The molecule has 0 bridgehead atoms. The number of carbonyl (C=O) groups is 2. The zero-order chi connectivity index (χ0) is 21.5. The molecule has 7 heteroatoms. The fraction of sp³-hybridized carbons (Fsp3) is 0.391. The van der Waals surface area contributed by atoms with Gasteiger partial charge < -0.3 is 15.0 Å². The van der Waals surface area contributed by atoms with Crippen LogP contribution < -0.4 is 10.1 Å². The van der Waals surface area contributed by atoms with Gasteiger partial charge in [-0.15, -0.1) is 23.5 Å². The van der Waals surface area contributed by atoms with Crippen LogP contribution in [0.2, 0.25) is 0 Å². The van der Waals surface area contributed by atoms with Gasteiger partial charge in [0, 0.05) is 12.7 Å². The highest BCUT2D eigenvalue weighted by Gasteiger charge is 2.17. The van der Waals surface area contributed by atoms with Gasteiger partial charge >= 0.3 is 0 Å². The standard InChI is InChI=1S/C23H28N2O3S2/c1-16-6-4-7-20(17(16)2)24-21(26)14-25(3)22(27)15-28-19-10-8-18(9-11-19)23-29-12-5-13-30-23/h4,6-11,23H,5,12-15H2,1-3H3,(H,24,26). The smallest absolute Gasteiger partial charge is 0.260 e. The fourth-order valence-electron chi connectivity index (χ4n) is 3.04. The summed E-state index contributed by atoms with van der Waals surface area (Å²) in [6.07, 6.45) is 1.27. The summed E-state index contributed by atoms with van der Waals surface area (Å²) in [7, 11) is 1.61. The van der Waals surface area contributed by atoms with Crippen molar-refractivity contribution in [2.45, 2.75) is 24.9 Å². The molecule has 2 amide bonds. The van der Waals surface area contributed by atoms with Gasteiger partial charge in [0.05, 0.1) is 11.1 Å². The van der Waals surface area contributed by atoms with Crippen molar-refractivity contribution in [3.8, 4) is 5.75 Å². The van der Waals surface area contributed by atoms with Crippen LogP contribution in [-0.4, -0.2) is 48.4 Å². The Hall–Kier alpha value is -2.12. The van der Waals surface area contributed by atoms with Crippen molar-refractivity contribution < 1.29 is 14.3 Å². The molecule has 0 aliphatic carbocycles. The molecule has 0 atom stereocenters. The van der Waals surface area contributed by atoms with Crippen molar-refractivity contribution in [3.05, 3.63) is 59.2 Å². The zero-order valence-electron chi connectivity index (χ0n) is 17.6. The molecule has 160 valence electrons. The molecule has 1 heterocycles.